The van der Waals surface area contributed by atoms with Gasteiger partial charge in [-0.2, -0.15) is 0 Å². The Hall–Kier alpha value is -1.99. The maximum absolute atomic E-state index is 10.4. The monoisotopic (exact) mass is 320 g/mol. The molecular formula is C15H20N4O2S. The molecule has 0 fully saturated rings. The first-order chi connectivity index (χ1) is 10.6. The molecule has 0 amide bonds. The number of para-hydroxylation sites is 1. The number of hydrogen-bond acceptors (Lipinski definition) is 4. The van der Waals surface area contributed by atoms with Crippen LogP contribution in [0.3, 0.4) is 0 Å². The zero-order chi connectivity index (χ0) is 16.1. The first kappa shape index (κ1) is 16.4. The van der Waals surface area contributed by atoms with Gasteiger partial charge in [-0.3, -0.25) is 0 Å². The van der Waals surface area contributed by atoms with Crippen LogP contribution in [-0.2, 0) is 4.74 Å². The molecule has 1 aromatic carbocycles. The number of azo groups is 1. The summed E-state index contributed by atoms with van der Waals surface area (Å²) in [6.45, 7) is 5.11. The van der Waals surface area contributed by atoms with E-state index in [4.69, 9.17) is 17.0 Å². The average molecular weight is 320 g/mol. The van der Waals surface area contributed by atoms with Crippen LogP contribution in [0.15, 0.2) is 34.5 Å². The van der Waals surface area contributed by atoms with Crippen molar-refractivity contribution >= 4 is 33.9 Å². The Balaban J connectivity index is 2.31. The van der Waals surface area contributed by atoms with Gasteiger partial charge in [-0.25, -0.2) is 0 Å². The van der Waals surface area contributed by atoms with Crippen LogP contribution in [0.5, 0.6) is 5.88 Å². The van der Waals surface area contributed by atoms with E-state index in [0.717, 1.165) is 10.9 Å². The number of thiocarbonyl (C=S) groups is 1. The Labute approximate surface area is 134 Å². The van der Waals surface area contributed by atoms with Gasteiger partial charge in [0, 0.05) is 25.1 Å². The van der Waals surface area contributed by atoms with Crippen LogP contribution < -0.4 is 5.32 Å². The third kappa shape index (κ3) is 3.42. The third-order valence-corrected chi connectivity index (χ3v) is 3.42. The standard InChI is InChI=1S/C15H20N4O2S/c1-10(2)19-12-7-5-4-6-11(12)13(14(19)20)17-18-15(22)16-8-9-21-3/h4-7,10,20H,8-9H2,1-3H3,(H,16,22). The number of fused-ring (bicyclic) bond motifs is 1. The highest BCUT2D eigenvalue weighted by Gasteiger charge is 2.17. The molecular weight excluding hydrogens is 300 g/mol. The molecule has 0 saturated heterocycles. The van der Waals surface area contributed by atoms with Crippen molar-refractivity contribution in [2.75, 3.05) is 20.3 Å². The number of rotatable bonds is 5. The minimum absolute atomic E-state index is 0.0969. The molecule has 7 heteroatoms. The lowest BCUT2D eigenvalue weighted by Crippen LogP contribution is -2.23. The third-order valence-electron chi connectivity index (χ3n) is 3.20. The molecule has 2 N–H and O–H groups in total. The quantitative estimate of drug-likeness (QED) is 0.502. The largest absolute Gasteiger partial charge is 0.493 e. The van der Waals surface area contributed by atoms with Gasteiger partial charge in [-0.1, -0.05) is 18.2 Å². The van der Waals surface area contributed by atoms with Crippen molar-refractivity contribution in [1.29, 1.82) is 0 Å². The highest BCUT2D eigenvalue weighted by Crippen LogP contribution is 2.40. The zero-order valence-corrected chi connectivity index (χ0v) is 13.7. The fourth-order valence-electron chi connectivity index (χ4n) is 2.24. The fourth-order valence-corrected chi connectivity index (χ4v) is 2.39. The van der Waals surface area contributed by atoms with Crippen LogP contribution in [0.25, 0.3) is 10.9 Å². The Morgan fingerprint density at radius 3 is 2.82 bits per heavy atom. The first-order valence-electron chi connectivity index (χ1n) is 7.06. The predicted molar refractivity (Wildman–Crippen MR) is 91.0 cm³/mol. The summed E-state index contributed by atoms with van der Waals surface area (Å²) < 4.78 is 6.75. The number of methoxy groups -OCH3 is 1. The van der Waals surface area contributed by atoms with E-state index in [9.17, 15) is 5.11 Å². The van der Waals surface area contributed by atoms with Gasteiger partial charge in [0.05, 0.1) is 12.1 Å². The van der Waals surface area contributed by atoms with Crippen LogP contribution in [-0.4, -0.2) is 35.0 Å². The van der Waals surface area contributed by atoms with E-state index in [2.05, 4.69) is 15.5 Å². The van der Waals surface area contributed by atoms with E-state index in [1.54, 1.807) is 7.11 Å². The van der Waals surface area contributed by atoms with Gasteiger partial charge >= 0.3 is 0 Å². The van der Waals surface area contributed by atoms with E-state index in [1.807, 2.05) is 42.7 Å². The minimum atomic E-state index is 0.0969. The molecule has 22 heavy (non-hydrogen) atoms. The van der Waals surface area contributed by atoms with Gasteiger partial charge in [0.2, 0.25) is 11.0 Å². The molecule has 0 aliphatic carbocycles. The molecule has 0 spiro atoms. The van der Waals surface area contributed by atoms with Crippen molar-refractivity contribution in [2.45, 2.75) is 19.9 Å². The van der Waals surface area contributed by atoms with E-state index in [-0.39, 0.29) is 17.0 Å². The topological polar surface area (TPSA) is 71.1 Å². The summed E-state index contributed by atoms with van der Waals surface area (Å²) in [6, 6.07) is 7.80. The van der Waals surface area contributed by atoms with Crippen molar-refractivity contribution < 1.29 is 9.84 Å². The second kappa shape index (κ2) is 7.33. The van der Waals surface area contributed by atoms with Crippen LogP contribution in [0.2, 0.25) is 0 Å². The number of ether oxygens (including phenoxy) is 1. The summed E-state index contributed by atoms with van der Waals surface area (Å²) in [5.41, 5.74) is 1.35. The van der Waals surface area contributed by atoms with Gasteiger partial charge < -0.3 is 19.7 Å². The predicted octanol–water partition coefficient (Wildman–Crippen LogP) is 3.53. The smallest absolute Gasteiger partial charge is 0.221 e. The van der Waals surface area contributed by atoms with E-state index < -0.39 is 0 Å². The maximum Gasteiger partial charge on any atom is 0.221 e. The number of nitrogens with one attached hydrogen (secondary N) is 1. The van der Waals surface area contributed by atoms with Crippen molar-refractivity contribution in [2.24, 2.45) is 10.2 Å². The second-order valence-electron chi connectivity index (χ2n) is 5.08. The molecule has 2 aromatic rings. The van der Waals surface area contributed by atoms with Crippen LogP contribution in [0.1, 0.15) is 19.9 Å². The summed E-state index contributed by atoms with van der Waals surface area (Å²) in [7, 11) is 1.62. The van der Waals surface area contributed by atoms with Gasteiger partial charge in [-0.05, 0) is 32.1 Å². The molecule has 0 unspecified atom stereocenters. The highest BCUT2D eigenvalue weighted by molar-refractivity contribution is 7.80. The molecule has 0 aliphatic rings. The molecule has 2 rings (SSSR count). The molecule has 118 valence electrons. The Bertz CT molecular complexity index is 694. The highest BCUT2D eigenvalue weighted by atomic mass is 32.1. The number of aromatic nitrogens is 1. The molecule has 1 aromatic heterocycles. The Kier molecular flexibility index (Phi) is 5.46. The maximum atomic E-state index is 10.4. The molecule has 6 nitrogen and oxygen atoms in total. The van der Waals surface area contributed by atoms with Gasteiger partial charge in [0.25, 0.3) is 0 Å². The lowest BCUT2D eigenvalue weighted by Gasteiger charge is -2.10. The lowest BCUT2D eigenvalue weighted by molar-refractivity contribution is 0.204. The number of aromatic hydroxyl groups is 1. The number of nitrogens with zero attached hydrogens (tertiary/aromatic N) is 3. The number of hydrogen-bond donors (Lipinski definition) is 2. The van der Waals surface area contributed by atoms with Gasteiger partial charge in [0.1, 0.15) is 0 Å². The summed E-state index contributed by atoms with van der Waals surface area (Å²) in [5, 5.41) is 22.5. The minimum Gasteiger partial charge on any atom is -0.493 e. The summed E-state index contributed by atoms with van der Waals surface area (Å²) >= 11 is 5.08. The number of benzene rings is 1. The van der Waals surface area contributed by atoms with E-state index >= 15 is 0 Å². The normalized spacial score (nSPS) is 11.6. The zero-order valence-electron chi connectivity index (χ0n) is 12.9. The van der Waals surface area contributed by atoms with Gasteiger partial charge in [-0.15, -0.1) is 10.2 Å². The van der Waals surface area contributed by atoms with Crippen LogP contribution >= 0.6 is 12.2 Å². The van der Waals surface area contributed by atoms with Crippen molar-refractivity contribution in [3.05, 3.63) is 24.3 Å². The second-order valence-corrected chi connectivity index (χ2v) is 5.46. The SMILES string of the molecule is COCCNC(=S)N=Nc1c(O)n(C(C)C)c2ccccc12. The fraction of sp³-hybridized carbons (Fsp3) is 0.400. The van der Waals surface area contributed by atoms with E-state index in [0.29, 0.717) is 18.8 Å². The van der Waals surface area contributed by atoms with Crippen LogP contribution in [0.4, 0.5) is 5.69 Å². The first-order valence-corrected chi connectivity index (χ1v) is 7.47. The molecule has 0 saturated carbocycles. The van der Waals surface area contributed by atoms with Crippen molar-refractivity contribution in [3.8, 4) is 5.88 Å². The Morgan fingerprint density at radius 1 is 1.41 bits per heavy atom. The van der Waals surface area contributed by atoms with Crippen molar-refractivity contribution in [1.82, 2.24) is 9.88 Å². The molecule has 0 bridgehead atoms. The van der Waals surface area contributed by atoms with E-state index in [1.165, 1.54) is 0 Å². The molecule has 1 heterocycles. The average Bonchev–Trinajstić information content (AvgIpc) is 2.77. The molecule has 0 radical (unpaired) electrons. The lowest BCUT2D eigenvalue weighted by atomic mass is 10.2. The van der Waals surface area contributed by atoms with Gasteiger partial charge in [0.15, 0.2) is 5.69 Å². The molecule has 0 aliphatic heterocycles. The summed E-state index contributed by atoms with van der Waals surface area (Å²) in [6.07, 6.45) is 0. The summed E-state index contributed by atoms with van der Waals surface area (Å²) in [4.78, 5) is 0. The van der Waals surface area contributed by atoms with Crippen LogP contribution in [0, 0.1) is 0 Å². The summed E-state index contributed by atoms with van der Waals surface area (Å²) in [5.74, 6) is 0.0969. The Morgan fingerprint density at radius 2 is 2.14 bits per heavy atom. The molecule has 0 atom stereocenters. The van der Waals surface area contributed by atoms with Crippen molar-refractivity contribution in [3.63, 3.8) is 0 Å².